The van der Waals surface area contributed by atoms with Crippen molar-refractivity contribution in [3.63, 3.8) is 0 Å². The van der Waals surface area contributed by atoms with E-state index in [-0.39, 0.29) is 23.9 Å². The average molecular weight is 816 g/mol. The van der Waals surface area contributed by atoms with E-state index in [0.29, 0.717) is 47.3 Å². The number of nitrogens with zero attached hydrogens (tertiary/aromatic N) is 7. The van der Waals surface area contributed by atoms with Crippen LogP contribution in [-0.4, -0.2) is 89.3 Å². The van der Waals surface area contributed by atoms with Crippen LogP contribution in [-0.2, 0) is 28.8 Å². The number of anilines is 1. The Hall–Kier alpha value is -5.18. The number of carbonyl (C=O) groups excluding carboxylic acids is 3. The summed E-state index contributed by atoms with van der Waals surface area (Å²) in [5.41, 5.74) is 4.57. The number of aliphatic hydroxyl groups is 1. The van der Waals surface area contributed by atoms with Gasteiger partial charge in [-0.15, -0.1) is 0 Å². The van der Waals surface area contributed by atoms with Gasteiger partial charge in [0.05, 0.1) is 28.2 Å². The first kappa shape index (κ1) is 40.2. The fourth-order valence-corrected chi connectivity index (χ4v) is 10.0. The molecule has 2 aliphatic heterocycles. The molecule has 9 rings (SSSR count). The number of likely N-dealkylation sites (tertiary alicyclic amines) is 1. The molecule has 1 atom stereocenters. The van der Waals surface area contributed by atoms with Gasteiger partial charge in [0.15, 0.2) is 0 Å². The lowest BCUT2D eigenvalue weighted by molar-refractivity contribution is -0.135. The number of hydrogen-bond donors (Lipinski definition) is 3. The van der Waals surface area contributed by atoms with Crippen molar-refractivity contribution < 1.29 is 19.5 Å². The van der Waals surface area contributed by atoms with Crippen LogP contribution in [0, 0.1) is 5.92 Å². The van der Waals surface area contributed by atoms with Gasteiger partial charge in [-0.2, -0.15) is 5.10 Å². The van der Waals surface area contributed by atoms with Crippen molar-refractivity contribution in [2.45, 2.75) is 114 Å². The molecule has 3 aromatic heterocycles. The Morgan fingerprint density at radius 2 is 1.72 bits per heavy atom. The number of aromatic nitrogens is 5. The van der Waals surface area contributed by atoms with Crippen LogP contribution in [0.1, 0.15) is 123 Å². The first-order valence-electron chi connectivity index (χ1n) is 21.8. The van der Waals surface area contributed by atoms with Crippen LogP contribution < -0.4 is 16.3 Å². The van der Waals surface area contributed by atoms with Crippen LogP contribution in [0.25, 0.3) is 21.9 Å². The zero-order chi connectivity index (χ0) is 41.9. The number of nitrogens with one attached hydrogen (secondary N) is 2. The van der Waals surface area contributed by atoms with Gasteiger partial charge in [0.25, 0.3) is 5.91 Å². The van der Waals surface area contributed by atoms with E-state index >= 15 is 0 Å². The molecule has 1 unspecified atom stereocenters. The number of benzene rings is 2. The molecule has 2 saturated heterocycles. The van der Waals surface area contributed by atoms with E-state index in [1.807, 2.05) is 36.4 Å². The highest BCUT2D eigenvalue weighted by atomic mass is 16.3. The fraction of sp³-hybridized carbons (Fsp3) is 0.522. The summed E-state index contributed by atoms with van der Waals surface area (Å²) < 4.78 is 5.31. The summed E-state index contributed by atoms with van der Waals surface area (Å²) in [6, 6.07) is 15.5. The summed E-state index contributed by atoms with van der Waals surface area (Å²) in [5, 5.41) is 22.5. The summed E-state index contributed by atoms with van der Waals surface area (Å²) in [7, 11) is 4.04. The first-order valence-corrected chi connectivity index (χ1v) is 21.8. The van der Waals surface area contributed by atoms with Crippen LogP contribution in [0.4, 0.5) is 5.69 Å². The second-order valence-electron chi connectivity index (χ2n) is 18.4. The van der Waals surface area contributed by atoms with Crippen molar-refractivity contribution in [1.29, 1.82) is 0 Å². The molecule has 2 aliphatic carbocycles. The summed E-state index contributed by atoms with van der Waals surface area (Å²) in [4.78, 5) is 61.0. The van der Waals surface area contributed by atoms with E-state index in [2.05, 4.69) is 49.4 Å². The third kappa shape index (κ3) is 8.04. The van der Waals surface area contributed by atoms with Gasteiger partial charge < -0.3 is 15.3 Å². The molecule has 3 N–H and O–H groups in total. The molecule has 0 radical (unpaired) electrons. The van der Waals surface area contributed by atoms with Gasteiger partial charge in [-0.3, -0.25) is 38.4 Å². The van der Waals surface area contributed by atoms with Gasteiger partial charge in [0, 0.05) is 67.0 Å². The second-order valence-corrected chi connectivity index (χ2v) is 18.4. The van der Waals surface area contributed by atoms with Crippen molar-refractivity contribution in [1.82, 2.24) is 39.0 Å². The third-order valence-corrected chi connectivity index (χ3v) is 13.6. The Morgan fingerprint density at radius 3 is 2.43 bits per heavy atom. The second kappa shape index (κ2) is 16.0. The topological polar surface area (TPSA) is 160 Å². The largest absolute Gasteiger partial charge is 0.386 e. The maximum absolute atomic E-state index is 13.4. The Bertz CT molecular complexity index is 2510. The number of fused-ring (bicyclic) bond motifs is 2. The molecular weight excluding hydrogens is 759 g/mol. The van der Waals surface area contributed by atoms with Crippen molar-refractivity contribution in [2.24, 2.45) is 13.0 Å². The average Bonchev–Trinajstić information content (AvgIpc) is 3.95. The highest BCUT2D eigenvalue weighted by Gasteiger charge is 2.33. The van der Waals surface area contributed by atoms with Crippen LogP contribution in [0.3, 0.4) is 0 Å². The van der Waals surface area contributed by atoms with Gasteiger partial charge >= 0.3 is 5.69 Å². The summed E-state index contributed by atoms with van der Waals surface area (Å²) in [5.74, 6) is 0.0768. The molecular formula is C46H57N9O5. The molecule has 4 fully saturated rings. The number of piperidine rings is 2. The highest BCUT2D eigenvalue weighted by molar-refractivity contribution is 6.04. The van der Waals surface area contributed by atoms with Crippen LogP contribution in [0.2, 0.25) is 0 Å². The minimum atomic E-state index is -1.19. The van der Waals surface area contributed by atoms with Crippen LogP contribution >= 0.6 is 0 Å². The molecule has 2 aromatic carbocycles. The molecule has 2 saturated carbocycles. The maximum Gasteiger partial charge on any atom is 0.329 e. The smallest absolute Gasteiger partial charge is 0.329 e. The summed E-state index contributed by atoms with van der Waals surface area (Å²) in [6.45, 7) is 7.20. The Kier molecular flexibility index (Phi) is 10.7. The van der Waals surface area contributed by atoms with E-state index in [9.17, 15) is 24.3 Å². The molecule has 0 spiro atoms. The number of carbonyl (C=O) groups is 3. The predicted octanol–water partition coefficient (Wildman–Crippen LogP) is 5.75. The van der Waals surface area contributed by atoms with Crippen LogP contribution in [0.5, 0.6) is 0 Å². The molecule has 14 nitrogen and oxygen atoms in total. The molecule has 5 heterocycles. The number of imidazole rings is 1. The normalized spacial score (nSPS) is 22.2. The Labute approximate surface area is 349 Å². The number of aryl methyl sites for hydroxylation is 1. The predicted molar refractivity (Wildman–Crippen MR) is 230 cm³/mol. The maximum atomic E-state index is 13.4. The zero-order valence-electron chi connectivity index (χ0n) is 35.2. The minimum absolute atomic E-state index is 0.221. The molecule has 14 heteroatoms. The van der Waals surface area contributed by atoms with Gasteiger partial charge in [-0.25, -0.2) is 9.78 Å². The molecule has 3 amide bonds. The quantitative estimate of drug-likeness (QED) is 0.141. The van der Waals surface area contributed by atoms with E-state index in [4.69, 9.17) is 5.10 Å². The lowest BCUT2D eigenvalue weighted by Gasteiger charge is -2.39. The minimum Gasteiger partial charge on any atom is -0.386 e. The van der Waals surface area contributed by atoms with Crippen LogP contribution in [0.15, 0.2) is 59.5 Å². The number of imide groups is 1. The fourth-order valence-electron chi connectivity index (χ4n) is 10.0. The van der Waals surface area contributed by atoms with E-state index < -0.39 is 17.6 Å². The number of amides is 3. The Morgan fingerprint density at radius 1 is 0.967 bits per heavy atom. The van der Waals surface area contributed by atoms with E-state index in [1.54, 1.807) is 36.1 Å². The molecule has 5 aromatic rings. The number of hydrogen-bond acceptors (Lipinski definition) is 9. The highest BCUT2D eigenvalue weighted by Crippen LogP contribution is 2.39. The Balaban J connectivity index is 0.792. The van der Waals surface area contributed by atoms with Crippen molar-refractivity contribution in [3.05, 3.63) is 87.7 Å². The zero-order valence-corrected chi connectivity index (χ0v) is 35.2. The molecule has 4 aliphatic rings. The van der Waals surface area contributed by atoms with Crippen molar-refractivity contribution in [2.75, 3.05) is 32.0 Å². The molecule has 60 heavy (non-hydrogen) atoms. The number of para-hydroxylation sites is 1. The van der Waals surface area contributed by atoms with Gasteiger partial charge in [0.1, 0.15) is 11.7 Å². The third-order valence-electron chi connectivity index (χ3n) is 13.6. The van der Waals surface area contributed by atoms with Crippen molar-refractivity contribution >= 4 is 45.3 Å². The number of pyridine rings is 1. The monoisotopic (exact) mass is 815 g/mol. The SMILES string of the molecule is CN(C[C@H]1CC[C@H](n2cc3cc(NC(=O)c4cccc(C5CC5)n4)c(C(C)(C)O)cc3n2)CC1)C1CCN(Cc2cccc3c2n(C)c(=O)n3C2CCC(=O)NC2=O)CC1. The molecule has 316 valence electrons. The van der Waals surface area contributed by atoms with E-state index in [1.165, 1.54) is 0 Å². The first-order chi connectivity index (χ1) is 28.8. The number of rotatable bonds is 11. The van der Waals surface area contributed by atoms with Gasteiger partial charge in [-0.1, -0.05) is 18.2 Å². The lowest BCUT2D eigenvalue weighted by Crippen LogP contribution is -2.44. The lowest BCUT2D eigenvalue weighted by atomic mass is 9.85. The van der Waals surface area contributed by atoms with E-state index in [0.717, 1.165) is 111 Å². The summed E-state index contributed by atoms with van der Waals surface area (Å²) >= 11 is 0. The van der Waals surface area contributed by atoms with Gasteiger partial charge in [-0.05, 0) is 134 Å². The summed E-state index contributed by atoms with van der Waals surface area (Å²) in [6.07, 6.45) is 11.4. The molecule has 0 bridgehead atoms. The standard InChI is InChI=1S/C46H57N9O5/c1-46(2,60)34-24-37-31(23-38(34)48-43(57)36-9-6-8-35(47-36)29-13-14-29)27-54(50-37)33-15-11-28(12-16-33)25-51(3)32-19-21-53(22-20-32)26-30-7-5-10-39-42(30)52(4)45(59)55(39)40-17-18-41(56)49-44(40)58/h5-10,23-24,27-29,32-33,40,60H,11-22,25-26H2,1-4H3,(H,48,57)(H,49,56,58)/t28-,33-,40?. The van der Waals surface area contributed by atoms with Crippen molar-refractivity contribution in [3.8, 4) is 0 Å². The van der Waals surface area contributed by atoms with Gasteiger partial charge in [0.2, 0.25) is 11.8 Å².